The van der Waals surface area contributed by atoms with Crippen LogP contribution < -0.4 is 14.8 Å². The lowest BCUT2D eigenvalue weighted by molar-refractivity contribution is 0.414. The summed E-state index contributed by atoms with van der Waals surface area (Å²) in [4.78, 5) is 0. The molecular weight excluding hydrogens is 322 g/mol. The molecule has 0 fully saturated rings. The number of ether oxygens (including phenoxy) is 2. The molecule has 0 bridgehead atoms. The maximum absolute atomic E-state index is 5.22. The van der Waals surface area contributed by atoms with E-state index >= 15 is 0 Å². The normalized spacial score (nSPS) is 11.0. The van der Waals surface area contributed by atoms with Crippen LogP contribution in [0, 0.1) is 11.8 Å². The molecule has 0 aliphatic heterocycles. The predicted molar refractivity (Wildman–Crippen MR) is 106 cm³/mol. The van der Waals surface area contributed by atoms with E-state index in [-0.39, 0.29) is 6.04 Å². The Kier molecular flexibility index (Phi) is 5.80. The van der Waals surface area contributed by atoms with Crippen molar-refractivity contribution in [3.63, 3.8) is 0 Å². The van der Waals surface area contributed by atoms with Gasteiger partial charge in [-0.3, -0.25) is 0 Å². The van der Waals surface area contributed by atoms with Crippen molar-refractivity contribution in [3.05, 3.63) is 90.0 Å². The van der Waals surface area contributed by atoms with E-state index in [0.29, 0.717) is 0 Å². The largest absolute Gasteiger partial charge is 0.497 e. The van der Waals surface area contributed by atoms with Crippen molar-refractivity contribution in [2.45, 2.75) is 6.04 Å². The Hall–Kier alpha value is -3.38. The van der Waals surface area contributed by atoms with Crippen LogP contribution in [0.15, 0.2) is 78.9 Å². The minimum absolute atomic E-state index is 0.119. The van der Waals surface area contributed by atoms with Gasteiger partial charge >= 0.3 is 0 Å². The van der Waals surface area contributed by atoms with Crippen LogP contribution in [0.3, 0.4) is 0 Å². The molecule has 1 N–H and O–H groups in total. The van der Waals surface area contributed by atoms with E-state index in [1.807, 2.05) is 66.7 Å². The van der Waals surface area contributed by atoms with E-state index in [0.717, 1.165) is 28.3 Å². The molecule has 3 rings (SSSR count). The maximum Gasteiger partial charge on any atom is 0.119 e. The van der Waals surface area contributed by atoms with E-state index < -0.39 is 0 Å². The SMILES string of the molecule is COc1ccc(C#C[C@H](Nc2ccc(OC)cc2)c2ccccc2)cc1. The van der Waals surface area contributed by atoms with Gasteiger partial charge in [-0.25, -0.2) is 0 Å². The molecule has 3 aromatic carbocycles. The summed E-state index contributed by atoms with van der Waals surface area (Å²) >= 11 is 0. The van der Waals surface area contributed by atoms with E-state index in [9.17, 15) is 0 Å². The van der Waals surface area contributed by atoms with Crippen molar-refractivity contribution in [1.82, 2.24) is 0 Å². The number of nitrogens with one attached hydrogen (secondary N) is 1. The van der Waals surface area contributed by atoms with Crippen molar-refractivity contribution in [2.24, 2.45) is 0 Å². The second kappa shape index (κ2) is 8.64. The van der Waals surface area contributed by atoms with Crippen LogP contribution in [0.4, 0.5) is 5.69 Å². The fourth-order valence-electron chi connectivity index (χ4n) is 2.53. The highest BCUT2D eigenvalue weighted by atomic mass is 16.5. The van der Waals surface area contributed by atoms with Gasteiger partial charge in [-0.15, -0.1) is 0 Å². The van der Waals surface area contributed by atoms with Gasteiger partial charge in [-0.1, -0.05) is 42.2 Å². The average molecular weight is 343 g/mol. The van der Waals surface area contributed by atoms with Gasteiger partial charge in [0.05, 0.1) is 14.2 Å². The van der Waals surface area contributed by atoms with Gasteiger partial charge in [0.15, 0.2) is 0 Å². The highest BCUT2D eigenvalue weighted by molar-refractivity contribution is 5.51. The van der Waals surface area contributed by atoms with Gasteiger partial charge in [0, 0.05) is 11.3 Å². The highest BCUT2D eigenvalue weighted by Gasteiger charge is 2.08. The Morgan fingerprint density at radius 1 is 0.731 bits per heavy atom. The average Bonchev–Trinajstić information content (AvgIpc) is 2.72. The van der Waals surface area contributed by atoms with Gasteiger partial charge in [-0.2, -0.15) is 0 Å². The summed E-state index contributed by atoms with van der Waals surface area (Å²) in [5.41, 5.74) is 3.05. The minimum atomic E-state index is -0.119. The topological polar surface area (TPSA) is 30.5 Å². The molecule has 0 aliphatic carbocycles. The number of anilines is 1. The molecule has 0 radical (unpaired) electrons. The van der Waals surface area contributed by atoms with Crippen LogP contribution in [-0.4, -0.2) is 14.2 Å². The van der Waals surface area contributed by atoms with Crippen molar-refractivity contribution in [1.29, 1.82) is 0 Å². The monoisotopic (exact) mass is 343 g/mol. The molecular formula is C23H21NO2. The number of methoxy groups -OCH3 is 2. The summed E-state index contributed by atoms with van der Waals surface area (Å²) in [6.07, 6.45) is 0. The lowest BCUT2D eigenvalue weighted by Crippen LogP contribution is -2.08. The molecule has 0 aliphatic rings. The zero-order valence-electron chi connectivity index (χ0n) is 14.9. The smallest absolute Gasteiger partial charge is 0.119 e. The van der Waals surface area contributed by atoms with E-state index in [2.05, 4.69) is 29.3 Å². The molecule has 0 aromatic heterocycles. The number of benzene rings is 3. The molecule has 0 amide bonds. The number of rotatable bonds is 5. The lowest BCUT2D eigenvalue weighted by atomic mass is 10.1. The first-order chi connectivity index (χ1) is 12.8. The summed E-state index contributed by atoms with van der Waals surface area (Å²) in [7, 11) is 3.32. The second-order valence-corrected chi connectivity index (χ2v) is 5.71. The Morgan fingerprint density at radius 3 is 1.88 bits per heavy atom. The third kappa shape index (κ3) is 4.58. The van der Waals surface area contributed by atoms with E-state index in [1.54, 1.807) is 14.2 Å². The molecule has 130 valence electrons. The Balaban J connectivity index is 1.85. The molecule has 1 atom stereocenters. The van der Waals surface area contributed by atoms with Crippen LogP contribution in [0.1, 0.15) is 17.2 Å². The number of hydrogen-bond donors (Lipinski definition) is 1. The zero-order valence-corrected chi connectivity index (χ0v) is 14.9. The molecule has 0 unspecified atom stereocenters. The van der Waals surface area contributed by atoms with Crippen LogP contribution in [0.25, 0.3) is 0 Å². The van der Waals surface area contributed by atoms with E-state index in [1.165, 1.54) is 0 Å². The fraction of sp³-hybridized carbons (Fsp3) is 0.130. The van der Waals surface area contributed by atoms with Crippen LogP contribution in [0.5, 0.6) is 11.5 Å². The first kappa shape index (κ1) is 17.4. The third-order valence-electron chi connectivity index (χ3n) is 3.98. The molecule has 0 saturated carbocycles. The van der Waals surface area contributed by atoms with Crippen molar-refractivity contribution in [2.75, 3.05) is 19.5 Å². The third-order valence-corrected chi connectivity index (χ3v) is 3.98. The Labute approximate surface area is 154 Å². The Morgan fingerprint density at radius 2 is 1.31 bits per heavy atom. The predicted octanol–water partition coefficient (Wildman–Crippen LogP) is 4.91. The van der Waals surface area contributed by atoms with Gasteiger partial charge in [0.2, 0.25) is 0 Å². The molecule has 0 heterocycles. The van der Waals surface area contributed by atoms with Gasteiger partial charge < -0.3 is 14.8 Å². The summed E-state index contributed by atoms with van der Waals surface area (Å²) in [6.45, 7) is 0. The molecule has 3 nitrogen and oxygen atoms in total. The standard InChI is InChI=1S/C23H21NO2/c1-25-21-13-8-18(9-14-21)10-17-23(19-6-4-3-5-7-19)24-20-11-15-22(26-2)16-12-20/h3-9,11-16,23-24H,1-2H3/t23-/m0/s1. The molecule has 3 heteroatoms. The number of hydrogen-bond acceptors (Lipinski definition) is 3. The van der Waals surface area contributed by atoms with Crippen LogP contribution in [0.2, 0.25) is 0 Å². The maximum atomic E-state index is 5.22. The summed E-state index contributed by atoms with van der Waals surface area (Å²) in [5.74, 6) is 8.23. The van der Waals surface area contributed by atoms with Gasteiger partial charge in [0.25, 0.3) is 0 Å². The molecule has 0 saturated heterocycles. The van der Waals surface area contributed by atoms with Crippen molar-refractivity contribution < 1.29 is 9.47 Å². The molecule has 3 aromatic rings. The first-order valence-electron chi connectivity index (χ1n) is 8.39. The highest BCUT2D eigenvalue weighted by Crippen LogP contribution is 2.21. The van der Waals surface area contributed by atoms with Gasteiger partial charge in [0.1, 0.15) is 17.5 Å². The summed E-state index contributed by atoms with van der Waals surface area (Å²) in [6, 6.07) is 25.7. The summed E-state index contributed by atoms with van der Waals surface area (Å²) in [5, 5.41) is 3.49. The fourth-order valence-corrected chi connectivity index (χ4v) is 2.53. The summed E-state index contributed by atoms with van der Waals surface area (Å²) < 4.78 is 10.4. The quantitative estimate of drug-likeness (QED) is 0.668. The van der Waals surface area contributed by atoms with Gasteiger partial charge in [-0.05, 0) is 54.1 Å². The second-order valence-electron chi connectivity index (χ2n) is 5.71. The van der Waals surface area contributed by atoms with E-state index in [4.69, 9.17) is 9.47 Å². The molecule has 26 heavy (non-hydrogen) atoms. The Bertz CT molecular complexity index is 875. The van der Waals surface area contributed by atoms with Crippen LogP contribution >= 0.6 is 0 Å². The lowest BCUT2D eigenvalue weighted by Gasteiger charge is -2.15. The minimum Gasteiger partial charge on any atom is -0.497 e. The first-order valence-corrected chi connectivity index (χ1v) is 8.39. The van der Waals surface area contributed by atoms with Crippen LogP contribution in [-0.2, 0) is 0 Å². The zero-order chi connectivity index (χ0) is 18.2. The van der Waals surface area contributed by atoms with Crippen molar-refractivity contribution in [3.8, 4) is 23.3 Å². The molecule has 0 spiro atoms. The van der Waals surface area contributed by atoms with Crippen molar-refractivity contribution >= 4 is 5.69 Å².